The van der Waals surface area contributed by atoms with E-state index in [1.165, 1.54) is 23.5 Å². The highest BCUT2D eigenvalue weighted by Crippen LogP contribution is 2.36. The third-order valence-corrected chi connectivity index (χ3v) is 6.48. The molecule has 0 aliphatic rings. The van der Waals surface area contributed by atoms with Gasteiger partial charge in [-0.3, -0.25) is 4.79 Å². The van der Waals surface area contributed by atoms with E-state index < -0.39 is 17.6 Å². The number of carbonyl (C=O) groups excluding carboxylic acids is 1. The molecule has 0 aliphatic heterocycles. The second-order valence-corrected chi connectivity index (χ2v) is 9.00. The van der Waals surface area contributed by atoms with Crippen LogP contribution in [0.25, 0.3) is 11.3 Å². The molecule has 3 aromatic carbocycles. The molecule has 186 valence electrons. The first kappa shape index (κ1) is 25.5. The van der Waals surface area contributed by atoms with Gasteiger partial charge in [0.15, 0.2) is 5.13 Å². The molecule has 0 saturated heterocycles. The van der Waals surface area contributed by atoms with Crippen LogP contribution in [0, 0.1) is 0 Å². The van der Waals surface area contributed by atoms with Crippen LogP contribution in [0.5, 0.6) is 5.75 Å². The number of amides is 1. The van der Waals surface area contributed by atoms with E-state index in [2.05, 4.69) is 5.32 Å². The molecular weight excluding hydrogens is 511 g/mol. The standard InChI is InChI=1S/C26H21ClF3N3O2S/c1-35-20-11-9-18(10-12-20)22-16-36-25(32-22)33(23-8-3-2-7-21(23)27)15-24(34)31-14-17-5-4-6-19(13-17)26(28,29)30/h2-13,16H,14-15H2,1H3,(H,31,34). The van der Waals surface area contributed by atoms with Crippen LogP contribution in [0.1, 0.15) is 11.1 Å². The number of alkyl halides is 3. The molecule has 0 radical (unpaired) electrons. The lowest BCUT2D eigenvalue weighted by Crippen LogP contribution is -2.34. The highest BCUT2D eigenvalue weighted by Gasteiger charge is 2.30. The maximum atomic E-state index is 13.0. The fourth-order valence-electron chi connectivity index (χ4n) is 3.47. The first-order valence-corrected chi connectivity index (χ1v) is 12.0. The van der Waals surface area contributed by atoms with Crippen molar-refractivity contribution in [2.45, 2.75) is 12.7 Å². The molecule has 1 heterocycles. The van der Waals surface area contributed by atoms with E-state index in [1.807, 2.05) is 29.6 Å². The number of nitrogens with one attached hydrogen (secondary N) is 1. The first-order chi connectivity index (χ1) is 17.2. The highest BCUT2D eigenvalue weighted by molar-refractivity contribution is 7.14. The molecule has 0 spiro atoms. The second kappa shape index (κ2) is 11.0. The molecule has 0 bridgehead atoms. The predicted octanol–water partition coefficient (Wildman–Crippen LogP) is 6.95. The number of hydrogen-bond donors (Lipinski definition) is 1. The van der Waals surface area contributed by atoms with Gasteiger partial charge in [-0.1, -0.05) is 35.9 Å². The van der Waals surface area contributed by atoms with Crippen molar-refractivity contribution in [1.29, 1.82) is 0 Å². The molecule has 0 unspecified atom stereocenters. The Bertz CT molecular complexity index is 1340. The molecule has 0 aliphatic carbocycles. The second-order valence-electron chi connectivity index (χ2n) is 7.76. The van der Waals surface area contributed by atoms with Crippen molar-refractivity contribution in [2.24, 2.45) is 0 Å². The summed E-state index contributed by atoms with van der Waals surface area (Å²) in [5.74, 6) is 0.331. The van der Waals surface area contributed by atoms with E-state index in [4.69, 9.17) is 21.3 Å². The van der Waals surface area contributed by atoms with E-state index in [9.17, 15) is 18.0 Å². The molecule has 4 aromatic rings. The minimum Gasteiger partial charge on any atom is -0.497 e. The van der Waals surface area contributed by atoms with Crippen LogP contribution in [0.15, 0.2) is 78.2 Å². The van der Waals surface area contributed by atoms with Crippen molar-refractivity contribution in [3.05, 3.63) is 94.3 Å². The summed E-state index contributed by atoms with van der Waals surface area (Å²) in [7, 11) is 1.59. The maximum Gasteiger partial charge on any atom is 0.416 e. The normalized spacial score (nSPS) is 11.2. The predicted molar refractivity (Wildman–Crippen MR) is 136 cm³/mol. The number of hydrogen-bond acceptors (Lipinski definition) is 5. The van der Waals surface area contributed by atoms with Gasteiger partial charge in [-0.05, 0) is 54.1 Å². The summed E-state index contributed by atoms with van der Waals surface area (Å²) in [4.78, 5) is 19.2. The van der Waals surface area contributed by atoms with E-state index >= 15 is 0 Å². The Morgan fingerprint density at radius 3 is 2.53 bits per heavy atom. The summed E-state index contributed by atoms with van der Waals surface area (Å²) < 4.78 is 44.2. The number of nitrogens with zero attached hydrogens (tertiary/aromatic N) is 2. The zero-order valence-electron chi connectivity index (χ0n) is 19.1. The number of rotatable bonds is 8. The monoisotopic (exact) mass is 531 g/mol. The minimum absolute atomic E-state index is 0.0475. The van der Waals surface area contributed by atoms with Gasteiger partial charge in [-0.15, -0.1) is 11.3 Å². The van der Waals surface area contributed by atoms with Gasteiger partial charge in [-0.2, -0.15) is 13.2 Å². The highest BCUT2D eigenvalue weighted by atomic mass is 35.5. The summed E-state index contributed by atoms with van der Waals surface area (Å²) in [6, 6.07) is 19.4. The van der Waals surface area contributed by atoms with Crippen LogP contribution in [0.3, 0.4) is 0 Å². The fourth-order valence-corrected chi connectivity index (χ4v) is 4.55. The Labute approximate surface area is 215 Å². The SMILES string of the molecule is COc1ccc(-c2csc(N(CC(=O)NCc3cccc(C(F)(F)F)c3)c3ccccc3Cl)n2)cc1. The van der Waals surface area contributed by atoms with Crippen molar-refractivity contribution in [3.8, 4) is 17.0 Å². The minimum atomic E-state index is -4.45. The summed E-state index contributed by atoms with van der Waals surface area (Å²) in [5.41, 5.74) is 1.77. The van der Waals surface area contributed by atoms with Crippen LogP contribution in [0.2, 0.25) is 5.02 Å². The molecule has 10 heteroatoms. The van der Waals surface area contributed by atoms with Crippen molar-refractivity contribution in [1.82, 2.24) is 10.3 Å². The topological polar surface area (TPSA) is 54.5 Å². The Balaban J connectivity index is 1.54. The number of aromatic nitrogens is 1. The zero-order chi connectivity index (χ0) is 25.7. The number of benzene rings is 3. The van der Waals surface area contributed by atoms with Gasteiger partial charge in [0.05, 0.1) is 29.1 Å². The Kier molecular flexibility index (Phi) is 7.81. The van der Waals surface area contributed by atoms with Crippen LogP contribution in [0.4, 0.5) is 24.0 Å². The van der Waals surface area contributed by atoms with Crippen molar-refractivity contribution in [3.63, 3.8) is 0 Å². The average Bonchev–Trinajstić information content (AvgIpc) is 3.36. The van der Waals surface area contributed by atoms with E-state index in [0.29, 0.717) is 21.4 Å². The largest absolute Gasteiger partial charge is 0.497 e. The lowest BCUT2D eigenvalue weighted by atomic mass is 10.1. The maximum absolute atomic E-state index is 13.0. The van der Waals surface area contributed by atoms with Crippen molar-refractivity contribution in [2.75, 3.05) is 18.6 Å². The Morgan fingerprint density at radius 2 is 1.83 bits per heavy atom. The smallest absolute Gasteiger partial charge is 0.416 e. The lowest BCUT2D eigenvalue weighted by Gasteiger charge is -2.22. The van der Waals surface area contributed by atoms with Crippen LogP contribution in [-0.2, 0) is 17.5 Å². The molecule has 1 amide bonds. The Hall–Kier alpha value is -3.56. The number of methoxy groups -OCH3 is 1. The van der Waals surface area contributed by atoms with Gasteiger partial charge in [-0.25, -0.2) is 4.98 Å². The third kappa shape index (κ3) is 6.16. The van der Waals surface area contributed by atoms with E-state index in [0.717, 1.165) is 29.1 Å². The van der Waals surface area contributed by atoms with Crippen LogP contribution >= 0.6 is 22.9 Å². The molecule has 5 nitrogen and oxygen atoms in total. The zero-order valence-corrected chi connectivity index (χ0v) is 20.6. The fraction of sp³-hybridized carbons (Fsp3) is 0.154. The summed E-state index contributed by atoms with van der Waals surface area (Å²) in [6.45, 7) is -0.174. The summed E-state index contributed by atoms with van der Waals surface area (Å²) in [5, 5.41) is 5.55. The number of thiazole rings is 1. The van der Waals surface area contributed by atoms with Crippen LogP contribution < -0.4 is 15.0 Å². The van der Waals surface area contributed by atoms with Crippen molar-refractivity contribution < 1.29 is 22.7 Å². The Morgan fingerprint density at radius 1 is 1.08 bits per heavy atom. The average molecular weight is 532 g/mol. The number of carbonyl (C=O) groups is 1. The van der Waals surface area contributed by atoms with Crippen LogP contribution in [-0.4, -0.2) is 24.5 Å². The molecule has 0 fully saturated rings. The number of para-hydroxylation sites is 1. The molecule has 1 aromatic heterocycles. The molecule has 4 rings (SSSR count). The molecular formula is C26H21ClF3N3O2S. The molecule has 0 atom stereocenters. The number of ether oxygens (including phenoxy) is 1. The van der Waals surface area contributed by atoms with E-state index in [1.54, 1.807) is 36.3 Å². The molecule has 36 heavy (non-hydrogen) atoms. The summed E-state index contributed by atoms with van der Waals surface area (Å²) in [6.07, 6.45) is -4.45. The quantitative estimate of drug-likeness (QED) is 0.267. The first-order valence-electron chi connectivity index (χ1n) is 10.8. The third-order valence-electron chi connectivity index (χ3n) is 5.30. The number of anilines is 2. The lowest BCUT2D eigenvalue weighted by molar-refractivity contribution is -0.137. The van der Waals surface area contributed by atoms with Gasteiger partial charge in [0.1, 0.15) is 12.3 Å². The van der Waals surface area contributed by atoms with Gasteiger partial charge >= 0.3 is 6.18 Å². The number of halogens is 4. The van der Waals surface area contributed by atoms with Gasteiger partial charge < -0.3 is 15.0 Å². The molecule has 1 N–H and O–H groups in total. The van der Waals surface area contributed by atoms with Gasteiger partial charge in [0.2, 0.25) is 5.91 Å². The van der Waals surface area contributed by atoms with E-state index in [-0.39, 0.29) is 13.1 Å². The van der Waals surface area contributed by atoms with Gasteiger partial charge in [0, 0.05) is 17.5 Å². The summed E-state index contributed by atoms with van der Waals surface area (Å²) >= 11 is 7.77. The van der Waals surface area contributed by atoms with Gasteiger partial charge in [0.25, 0.3) is 0 Å². The molecule has 0 saturated carbocycles. The van der Waals surface area contributed by atoms with Crippen molar-refractivity contribution >= 4 is 39.7 Å².